The number of ether oxygens (including phenoxy) is 1. The van der Waals surface area contributed by atoms with Crippen LogP contribution in [-0.2, 0) is 13.0 Å². The maximum atomic E-state index is 9.20. The Bertz CT molecular complexity index is 512. The molecule has 1 aromatic heterocycles. The standard InChI is InChI=1S/C15H18N2O2/c1-19-14-6-4-12(5-7-14)8-10-17-15-13(11-18)3-2-9-16-15/h2-7,9,18H,8,10-11H2,1H3,(H,16,17). The topological polar surface area (TPSA) is 54.4 Å². The van der Waals surface area contributed by atoms with Gasteiger partial charge >= 0.3 is 0 Å². The van der Waals surface area contributed by atoms with Gasteiger partial charge in [-0.2, -0.15) is 0 Å². The first-order chi connectivity index (χ1) is 9.33. The number of aliphatic hydroxyl groups excluding tert-OH is 1. The third-order valence-corrected chi connectivity index (χ3v) is 2.93. The van der Waals surface area contributed by atoms with E-state index in [2.05, 4.69) is 10.3 Å². The number of pyridine rings is 1. The lowest BCUT2D eigenvalue weighted by atomic mass is 10.1. The van der Waals surface area contributed by atoms with Gasteiger partial charge in [0.1, 0.15) is 11.6 Å². The molecule has 2 aromatic rings. The van der Waals surface area contributed by atoms with Crippen LogP contribution in [0.3, 0.4) is 0 Å². The van der Waals surface area contributed by atoms with E-state index >= 15 is 0 Å². The summed E-state index contributed by atoms with van der Waals surface area (Å²) < 4.78 is 5.12. The zero-order valence-corrected chi connectivity index (χ0v) is 11.0. The highest BCUT2D eigenvalue weighted by atomic mass is 16.5. The largest absolute Gasteiger partial charge is 0.497 e. The highest BCUT2D eigenvalue weighted by Gasteiger charge is 2.01. The normalized spacial score (nSPS) is 10.2. The second kappa shape index (κ2) is 6.75. The molecule has 0 saturated heterocycles. The third-order valence-electron chi connectivity index (χ3n) is 2.93. The molecule has 4 heteroatoms. The van der Waals surface area contributed by atoms with Gasteiger partial charge in [-0.1, -0.05) is 18.2 Å². The molecule has 1 heterocycles. The lowest BCUT2D eigenvalue weighted by Crippen LogP contribution is -2.08. The molecule has 0 aliphatic heterocycles. The van der Waals surface area contributed by atoms with Crippen molar-refractivity contribution in [2.45, 2.75) is 13.0 Å². The molecule has 0 aliphatic rings. The number of nitrogens with zero attached hydrogens (tertiary/aromatic N) is 1. The Labute approximate surface area is 113 Å². The second-order valence-corrected chi connectivity index (χ2v) is 4.19. The number of hydrogen-bond acceptors (Lipinski definition) is 4. The van der Waals surface area contributed by atoms with Gasteiger partial charge in [-0.25, -0.2) is 4.98 Å². The fourth-order valence-corrected chi connectivity index (χ4v) is 1.84. The maximum absolute atomic E-state index is 9.20. The number of methoxy groups -OCH3 is 1. The van der Waals surface area contributed by atoms with E-state index in [1.54, 1.807) is 13.3 Å². The summed E-state index contributed by atoms with van der Waals surface area (Å²) in [5, 5.41) is 12.4. The van der Waals surface area contributed by atoms with Gasteiger partial charge in [-0.05, 0) is 30.2 Å². The first kappa shape index (κ1) is 13.4. The Balaban J connectivity index is 1.88. The molecule has 2 rings (SSSR count). The quantitative estimate of drug-likeness (QED) is 0.834. The number of nitrogens with one attached hydrogen (secondary N) is 1. The summed E-state index contributed by atoms with van der Waals surface area (Å²) in [7, 11) is 1.66. The van der Waals surface area contributed by atoms with E-state index in [1.807, 2.05) is 36.4 Å². The summed E-state index contributed by atoms with van der Waals surface area (Å²) in [4.78, 5) is 4.22. The molecule has 100 valence electrons. The highest BCUT2D eigenvalue weighted by molar-refractivity contribution is 5.43. The molecule has 0 bridgehead atoms. The SMILES string of the molecule is COc1ccc(CCNc2ncccc2CO)cc1. The van der Waals surface area contributed by atoms with Crippen molar-refractivity contribution in [1.82, 2.24) is 4.98 Å². The zero-order chi connectivity index (χ0) is 13.5. The average molecular weight is 258 g/mol. The van der Waals surface area contributed by atoms with E-state index in [4.69, 9.17) is 4.74 Å². The second-order valence-electron chi connectivity index (χ2n) is 4.19. The van der Waals surface area contributed by atoms with Gasteiger partial charge in [0.25, 0.3) is 0 Å². The van der Waals surface area contributed by atoms with Crippen LogP contribution in [0.2, 0.25) is 0 Å². The molecule has 0 aliphatic carbocycles. The number of benzene rings is 1. The van der Waals surface area contributed by atoms with Crippen molar-refractivity contribution < 1.29 is 9.84 Å². The van der Waals surface area contributed by atoms with Crippen molar-refractivity contribution in [3.8, 4) is 5.75 Å². The van der Waals surface area contributed by atoms with Crippen molar-refractivity contribution in [2.24, 2.45) is 0 Å². The lowest BCUT2D eigenvalue weighted by molar-refractivity contribution is 0.282. The van der Waals surface area contributed by atoms with Gasteiger partial charge in [-0.3, -0.25) is 0 Å². The van der Waals surface area contributed by atoms with Crippen LogP contribution < -0.4 is 10.1 Å². The summed E-state index contributed by atoms with van der Waals surface area (Å²) in [5.41, 5.74) is 2.05. The number of aliphatic hydroxyl groups is 1. The Hall–Kier alpha value is -2.07. The van der Waals surface area contributed by atoms with Crippen LogP contribution in [-0.4, -0.2) is 23.7 Å². The van der Waals surface area contributed by atoms with E-state index in [9.17, 15) is 5.11 Å². The fraction of sp³-hybridized carbons (Fsp3) is 0.267. The fourth-order valence-electron chi connectivity index (χ4n) is 1.84. The Morgan fingerprint density at radius 2 is 2.00 bits per heavy atom. The minimum Gasteiger partial charge on any atom is -0.497 e. The molecule has 0 unspecified atom stereocenters. The van der Waals surface area contributed by atoms with Crippen LogP contribution in [0.25, 0.3) is 0 Å². The van der Waals surface area contributed by atoms with Crippen LogP contribution in [0.4, 0.5) is 5.82 Å². The van der Waals surface area contributed by atoms with E-state index < -0.39 is 0 Å². The predicted octanol–water partition coefficient (Wildman–Crippen LogP) is 2.24. The van der Waals surface area contributed by atoms with Crippen LogP contribution in [0.15, 0.2) is 42.6 Å². The molecule has 0 saturated carbocycles. The van der Waals surface area contributed by atoms with Gasteiger partial charge in [0.2, 0.25) is 0 Å². The predicted molar refractivity (Wildman–Crippen MR) is 75.3 cm³/mol. The number of aromatic nitrogens is 1. The van der Waals surface area contributed by atoms with Crippen LogP contribution in [0.1, 0.15) is 11.1 Å². The van der Waals surface area contributed by atoms with E-state index in [0.717, 1.165) is 30.1 Å². The van der Waals surface area contributed by atoms with Crippen LogP contribution >= 0.6 is 0 Å². The number of hydrogen-bond donors (Lipinski definition) is 2. The molecule has 0 atom stereocenters. The van der Waals surface area contributed by atoms with Crippen molar-refractivity contribution in [2.75, 3.05) is 19.0 Å². The lowest BCUT2D eigenvalue weighted by Gasteiger charge is -2.09. The highest BCUT2D eigenvalue weighted by Crippen LogP contribution is 2.13. The number of rotatable bonds is 6. The minimum absolute atomic E-state index is 0.00128. The van der Waals surface area contributed by atoms with Crippen molar-refractivity contribution >= 4 is 5.82 Å². The Morgan fingerprint density at radius 3 is 2.68 bits per heavy atom. The van der Waals surface area contributed by atoms with Crippen molar-refractivity contribution in [3.63, 3.8) is 0 Å². The van der Waals surface area contributed by atoms with E-state index in [0.29, 0.717) is 0 Å². The molecule has 0 amide bonds. The molecule has 19 heavy (non-hydrogen) atoms. The summed E-state index contributed by atoms with van der Waals surface area (Å²) in [6, 6.07) is 11.7. The molecular weight excluding hydrogens is 240 g/mol. The molecule has 0 spiro atoms. The third kappa shape index (κ3) is 3.69. The van der Waals surface area contributed by atoms with E-state index in [1.165, 1.54) is 5.56 Å². The monoisotopic (exact) mass is 258 g/mol. The first-order valence-corrected chi connectivity index (χ1v) is 6.25. The van der Waals surface area contributed by atoms with Gasteiger partial charge in [0, 0.05) is 18.3 Å². The van der Waals surface area contributed by atoms with Gasteiger partial charge < -0.3 is 15.2 Å². The van der Waals surface area contributed by atoms with Crippen LogP contribution in [0, 0.1) is 0 Å². The molecule has 2 N–H and O–H groups in total. The summed E-state index contributed by atoms with van der Waals surface area (Å²) in [6.07, 6.45) is 2.61. The Kier molecular flexibility index (Phi) is 4.75. The summed E-state index contributed by atoms with van der Waals surface area (Å²) >= 11 is 0. The summed E-state index contributed by atoms with van der Waals surface area (Å²) in [5.74, 6) is 1.61. The molecule has 0 fully saturated rings. The van der Waals surface area contributed by atoms with Crippen molar-refractivity contribution in [1.29, 1.82) is 0 Å². The van der Waals surface area contributed by atoms with Gasteiger partial charge in [-0.15, -0.1) is 0 Å². The molecule has 1 aromatic carbocycles. The molecule has 0 radical (unpaired) electrons. The first-order valence-electron chi connectivity index (χ1n) is 6.25. The smallest absolute Gasteiger partial charge is 0.131 e. The minimum atomic E-state index is -0.00128. The van der Waals surface area contributed by atoms with Gasteiger partial charge in [0.05, 0.1) is 13.7 Å². The molecule has 4 nitrogen and oxygen atoms in total. The van der Waals surface area contributed by atoms with Gasteiger partial charge in [0.15, 0.2) is 0 Å². The Morgan fingerprint density at radius 1 is 1.21 bits per heavy atom. The van der Waals surface area contributed by atoms with Crippen molar-refractivity contribution in [3.05, 3.63) is 53.7 Å². The zero-order valence-electron chi connectivity index (χ0n) is 11.0. The summed E-state index contributed by atoms with van der Waals surface area (Å²) in [6.45, 7) is 0.773. The van der Waals surface area contributed by atoms with Crippen LogP contribution in [0.5, 0.6) is 5.75 Å². The number of anilines is 1. The average Bonchev–Trinajstić information content (AvgIpc) is 2.48. The maximum Gasteiger partial charge on any atom is 0.131 e. The molecular formula is C15H18N2O2. The van der Waals surface area contributed by atoms with E-state index in [-0.39, 0.29) is 6.61 Å².